The molecule has 0 bridgehead atoms. The number of hydrogen-bond donors (Lipinski definition) is 1. The highest BCUT2D eigenvalue weighted by atomic mass is 16.2. The molecule has 2 rings (SSSR count). The van der Waals surface area contributed by atoms with Gasteiger partial charge in [-0.2, -0.15) is 0 Å². The van der Waals surface area contributed by atoms with E-state index in [1.807, 2.05) is 29.0 Å². The number of benzene rings is 1. The largest absolute Gasteiger partial charge is 0.365 e. The molecule has 5 nitrogen and oxygen atoms in total. The lowest BCUT2D eigenvalue weighted by Crippen LogP contribution is -2.45. The van der Waals surface area contributed by atoms with Gasteiger partial charge < -0.3 is 15.1 Å². The molecular formula is C18H27N3O2. The summed E-state index contributed by atoms with van der Waals surface area (Å²) in [5.74, 6) is 0.258. The number of piperidine rings is 1. The van der Waals surface area contributed by atoms with Gasteiger partial charge in [-0.25, -0.2) is 0 Å². The molecule has 0 radical (unpaired) electrons. The molecule has 1 fully saturated rings. The third-order valence-corrected chi connectivity index (χ3v) is 4.82. The molecule has 1 heterocycles. The Balaban J connectivity index is 1.92. The van der Waals surface area contributed by atoms with Gasteiger partial charge in [0.25, 0.3) is 0 Å². The van der Waals surface area contributed by atoms with Gasteiger partial charge in [-0.1, -0.05) is 12.1 Å². The molecule has 1 aliphatic rings. The lowest BCUT2D eigenvalue weighted by molar-refractivity contribution is -0.134. The first-order valence-corrected chi connectivity index (χ1v) is 8.20. The molecule has 0 saturated carbocycles. The summed E-state index contributed by atoms with van der Waals surface area (Å²) in [6.45, 7) is 5.86. The van der Waals surface area contributed by atoms with Crippen LogP contribution in [0.15, 0.2) is 18.2 Å². The van der Waals surface area contributed by atoms with E-state index < -0.39 is 0 Å². The fraction of sp³-hybridized carbons (Fsp3) is 0.556. The molecule has 1 aromatic carbocycles. The Labute approximate surface area is 138 Å². The van der Waals surface area contributed by atoms with Gasteiger partial charge in [0.05, 0.1) is 6.54 Å². The van der Waals surface area contributed by atoms with Gasteiger partial charge in [0.1, 0.15) is 0 Å². The molecule has 2 amide bonds. The molecule has 1 aliphatic heterocycles. The number of hydrogen-bond acceptors (Lipinski definition) is 3. The van der Waals surface area contributed by atoms with E-state index in [1.54, 1.807) is 7.05 Å². The van der Waals surface area contributed by atoms with Crippen LogP contribution in [0.2, 0.25) is 0 Å². The van der Waals surface area contributed by atoms with Crippen molar-refractivity contribution in [1.82, 2.24) is 10.2 Å². The van der Waals surface area contributed by atoms with Crippen molar-refractivity contribution in [3.05, 3.63) is 29.3 Å². The SMILES string of the molecule is CNC(=O)C1CCN(C(=O)CN(C)c2cccc(C)c2C)CC1. The maximum atomic E-state index is 12.5. The number of likely N-dealkylation sites (N-methyl/N-ethyl adjacent to an activating group) is 1. The Hall–Kier alpha value is -2.04. The number of nitrogens with zero attached hydrogens (tertiary/aromatic N) is 2. The average molecular weight is 317 g/mol. The molecule has 0 aliphatic carbocycles. The molecule has 23 heavy (non-hydrogen) atoms. The van der Waals surface area contributed by atoms with E-state index in [0.29, 0.717) is 19.6 Å². The summed E-state index contributed by atoms with van der Waals surface area (Å²) >= 11 is 0. The van der Waals surface area contributed by atoms with Crippen molar-refractivity contribution in [2.24, 2.45) is 5.92 Å². The van der Waals surface area contributed by atoms with Gasteiger partial charge in [-0.05, 0) is 43.9 Å². The number of likely N-dealkylation sites (tertiary alicyclic amines) is 1. The summed E-state index contributed by atoms with van der Waals surface area (Å²) in [5, 5.41) is 2.69. The first-order valence-electron chi connectivity index (χ1n) is 8.20. The van der Waals surface area contributed by atoms with Crippen LogP contribution in [-0.4, -0.2) is 50.4 Å². The molecule has 0 spiro atoms. The summed E-state index contributed by atoms with van der Waals surface area (Å²) < 4.78 is 0. The average Bonchev–Trinajstić information content (AvgIpc) is 2.56. The highest BCUT2D eigenvalue weighted by Gasteiger charge is 2.27. The fourth-order valence-corrected chi connectivity index (χ4v) is 3.13. The number of anilines is 1. The monoisotopic (exact) mass is 317 g/mol. The molecule has 0 aromatic heterocycles. The number of rotatable bonds is 4. The minimum atomic E-state index is 0.0424. The summed E-state index contributed by atoms with van der Waals surface area (Å²) in [4.78, 5) is 28.0. The minimum absolute atomic E-state index is 0.0424. The van der Waals surface area contributed by atoms with E-state index in [2.05, 4.69) is 25.2 Å². The maximum absolute atomic E-state index is 12.5. The van der Waals surface area contributed by atoms with Gasteiger partial charge in [0.15, 0.2) is 0 Å². The Bertz CT molecular complexity index is 578. The molecule has 126 valence electrons. The third kappa shape index (κ3) is 4.03. The van der Waals surface area contributed by atoms with Crippen molar-refractivity contribution >= 4 is 17.5 Å². The van der Waals surface area contributed by atoms with E-state index in [9.17, 15) is 9.59 Å². The predicted molar refractivity (Wildman–Crippen MR) is 92.6 cm³/mol. The van der Waals surface area contributed by atoms with E-state index in [1.165, 1.54) is 11.1 Å². The summed E-state index contributed by atoms with van der Waals surface area (Å²) in [6, 6.07) is 6.15. The summed E-state index contributed by atoms with van der Waals surface area (Å²) in [7, 11) is 3.62. The van der Waals surface area contributed by atoms with Crippen molar-refractivity contribution in [2.45, 2.75) is 26.7 Å². The Morgan fingerprint density at radius 3 is 2.52 bits per heavy atom. The molecule has 1 aromatic rings. The topological polar surface area (TPSA) is 52.7 Å². The minimum Gasteiger partial charge on any atom is -0.365 e. The van der Waals surface area contributed by atoms with Crippen LogP contribution in [0, 0.1) is 19.8 Å². The van der Waals surface area contributed by atoms with Crippen molar-refractivity contribution in [3.63, 3.8) is 0 Å². The zero-order valence-corrected chi connectivity index (χ0v) is 14.6. The van der Waals surface area contributed by atoms with Crippen LogP contribution in [0.1, 0.15) is 24.0 Å². The predicted octanol–water partition coefficient (Wildman–Crippen LogP) is 1.72. The zero-order chi connectivity index (χ0) is 17.0. The van der Waals surface area contributed by atoms with Gasteiger partial charge in [0, 0.05) is 38.8 Å². The van der Waals surface area contributed by atoms with Gasteiger partial charge in [0.2, 0.25) is 11.8 Å². The van der Waals surface area contributed by atoms with Crippen molar-refractivity contribution in [3.8, 4) is 0 Å². The van der Waals surface area contributed by atoms with Crippen molar-refractivity contribution < 1.29 is 9.59 Å². The van der Waals surface area contributed by atoms with Crippen LogP contribution < -0.4 is 10.2 Å². The lowest BCUT2D eigenvalue weighted by Gasteiger charge is -2.33. The number of amides is 2. The lowest BCUT2D eigenvalue weighted by atomic mass is 9.96. The first-order chi connectivity index (χ1) is 10.9. The number of aryl methyl sites for hydroxylation is 1. The van der Waals surface area contributed by atoms with Crippen molar-refractivity contribution in [1.29, 1.82) is 0 Å². The van der Waals surface area contributed by atoms with E-state index in [0.717, 1.165) is 18.5 Å². The Kier molecular flexibility index (Phi) is 5.64. The third-order valence-electron chi connectivity index (χ3n) is 4.82. The number of carbonyl (C=O) groups excluding carboxylic acids is 2. The maximum Gasteiger partial charge on any atom is 0.242 e. The van der Waals surface area contributed by atoms with E-state index in [4.69, 9.17) is 0 Å². The second-order valence-electron chi connectivity index (χ2n) is 6.34. The number of carbonyl (C=O) groups is 2. The molecule has 1 N–H and O–H groups in total. The summed E-state index contributed by atoms with van der Waals surface area (Å²) in [5.41, 5.74) is 3.54. The zero-order valence-electron chi connectivity index (χ0n) is 14.6. The van der Waals surface area contributed by atoms with Crippen LogP contribution in [0.3, 0.4) is 0 Å². The normalized spacial score (nSPS) is 15.4. The van der Waals surface area contributed by atoms with E-state index in [-0.39, 0.29) is 17.7 Å². The fourth-order valence-electron chi connectivity index (χ4n) is 3.13. The standard InChI is InChI=1S/C18H27N3O2/c1-13-6-5-7-16(14(13)2)20(4)12-17(22)21-10-8-15(9-11-21)18(23)19-3/h5-7,15H,8-12H2,1-4H3,(H,19,23). The Morgan fingerprint density at radius 1 is 1.26 bits per heavy atom. The van der Waals surface area contributed by atoms with Crippen LogP contribution in [0.5, 0.6) is 0 Å². The van der Waals surface area contributed by atoms with Gasteiger partial charge in [-0.15, -0.1) is 0 Å². The highest BCUT2D eigenvalue weighted by Crippen LogP contribution is 2.22. The van der Waals surface area contributed by atoms with Crippen LogP contribution >= 0.6 is 0 Å². The van der Waals surface area contributed by atoms with Gasteiger partial charge in [-0.3, -0.25) is 9.59 Å². The smallest absolute Gasteiger partial charge is 0.242 e. The molecule has 0 unspecified atom stereocenters. The number of nitrogens with one attached hydrogen (secondary N) is 1. The quantitative estimate of drug-likeness (QED) is 0.920. The first kappa shape index (κ1) is 17.3. The van der Waals surface area contributed by atoms with Crippen LogP contribution in [-0.2, 0) is 9.59 Å². The molecule has 5 heteroatoms. The van der Waals surface area contributed by atoms with Gasteiger partial charge >= 0.3 is 0 Å². The second kappa shape index (κ2) is 7.49. The van der Waals surface area contributed by atoms with Crippen molar-refractivity contribution in [2.75, 3.05) is 38.6 Å². The van der Waals surface area contributed by atoms with Crippen LogP contribution in [0.4, 0.5) is 5.69 Å². The van der Waals surface area contributed by atoms with Crippen LogP contribution in [0.25, 0.3) is 0 Å². The Morgan fingerprint density at radius 2 is 1.91 bits per heavy atom. The van der Waals surface area contributed by atoms with E-state index >= 15 is 0 Å². The second-order valence-corrected chi connectivity index (χ2v) is 6.34. The molecular weight excluding hydrogens is 290 g/mol. The molecule has 0 atom stereocenters. The molecule has 1 saturated heterocycles. The summed E-state index contributed by atoms with van der Waals surface area (Å²) in [6.07, 6.45) is 1.50. The highest BCUT2D eigenvalue weighted by molar-refractivity contribution is 5.83.